The minimum absolute atomic E-state index is 0.289. The molecule has 1 aliphatic rings. The van der Waals surface area contributed by atoms with Crippen molar-refractivity contribution in [2.45, 2.75) is 54.6 Å². The maximum absolute atomic E-state index is 13.5. The summed E-state index contributed by atoms with van der Waals surface area (Å²) in [6.07, 6.45) is 9.08. The summed E-state index contributed by atoms with van der Waals surface area (Å²) in [5.41, 5.74) is 1.05. The van der Waals surface area contributed by atoms with Gasteiger partial charge in [-0.15, -0.1) is 0 Å². The van der Waals surface area contributed by atoms with Crippen LogP contribution in [0.3, 0.4) is 0 Å². The van der Waals surface area contributed by atoms with Gasteiger partial charge in [0.15, 0.2) is 11.6 Å². The normalized spacial score (nSPS) is 18.1. The van der Waals surface area contributed by atoms with Gasteiger partial charge < -0.3 is 15.5 Å². The summed E-state index contributed by atoms with van der Waals surface area (Å²) in [6.45, 7) is 2.00. The molecule has 0 amide bonds. The van der Waals surface area contributed by atoms with Crippen molar-refractivity contribution in [2.24, 2.45) is 0 Å². The van der Waals surface area contributed by atoms with E-state index in [1.807, 2.05) is 32.1 Å². The quantitative estimate of drug-likeness (QED) is 0.504. The van der Waals surface area contributed by atoms with Crippen LogP contribution in [0.5, 0.6) is 0 Å². The Morgan fingerprint density at radius 3 is 2.36 bits per heavy atom. The third-order valence-corrected chi connectivity index (χ3v) is 6.40. The molecule has 3 aromatic rings. The molecule has 2 N–H and O–H groups in total. The monoisotopic (exact) mass is 471 g/mol. The Bertz CT molecular complexity index is 1100. The molecule has 1 fully saturated rings. The maximum atomic E-state index is 13.5. The van der Waals surface area contributed by atoms with Gasteiger partial charge in [0.25, 0.3) is 0 Å². The molecule has 1 saturated carbocycles. The van der Waals surface area contributed by atoms with Crippen molar-refractivity contribution in [1.29, 1.82) is 0 Å². The van der Waals surface area contributed by atoms with Gasteiger partial charge in [-0.1, -0.05) is 11.8 Å². The van der Waals surface area contributed by atoms with E-state index in [-0.39, 0.29) is 6.04 Å². The molecule has 0 bridgehead atoms. The van der Waals surface area contributed by atoms with Gasteiger partial charge >= 0.3 is 0 Å². The summed E-state index contributed by atoms with van der Waals surface area (Å²) < 4.78 is 26.6. The molecule has 7 nitrogen and oxygen atoms in total. The Hall–Kier alpha value is -3.01. The number of nitrogens with zero attached hydrogens (tertiary/aromatic N) is 5. The van der Waals surface area contributed by atoms with Crippen LogP contribution in [0, 0.1) is 18.6 Å². The summed E-state index contributed by atoms with van der Waals surface area (Å²) in [6, 6.07) is 4.41. The minimum atomic E-state index is -0.874. The number of hydrogen-bond donors (Lipinski definition) is 2. The van der Waals surface area contributed by atoms with Gasteiger partial charge in [0.05, 0.1) is 12.4 Å². The largest absolute Gasteiger partial charge is 0.366 e. The molecule has 33 heavy (non-hydrogen) atoms. The third-order valence-electron chi connectivity index (χ3n) is 5.51. The molecular weight excluding hydrogens is 444 g/mol. The van der Waals surface area contributed by atoms with Crippen LogP contribution >= 0.6 is 11.8 Å². The summed E-state index contributed by atoms with van der Waals surface area (Å²) >= 11 is 1.24. The fraction of sp³-hybridized carbons (Fsp3) is 0.391. The van der Waals surface area contributed by atoms with Gasteiger partial charge in [-0.25, -0.2) is 18.7 Å². The summed E-state index contributed by atoms with van der Waals surface area (Å²) in [5.74, 6) is 0.521. The predicted octanol–water partition coefficient (Wildman–Crippen LogP) is 4.91. The molecule has 10 heteroatoms. The van der Waals surface area contributed by atoms with Crippen molar-refractivity contribution in [3.63, 3.8) is 0 Å². The second-order valence-electron chi connectivity index (χ2n) is 8.35. The van der Waals surface area contributed by atoms with Crippen LogP contribution in [0.1, 0.15) is 31.2 Å². The molecule has 1 aliphatic carbocycles. The highest BCUT2D eigenvalue weighted by molar-refractivity contribution is 7.99. The number of nitrogens with one attached hydrogen (secondary N) is 2. The lowest BCUT2D eigenvalue weighted by Gasteiger charge is -2.30. The van der Waals surface area contributed by atoms with Crippen molar-refractivity contribution < 1.29 is 8.78 Å². The molecule has 174 valence electrons. The smallest absolute Gasteiger partial charge is 0.224 e. The zero-order valence-electron chi connectivity index (χ0n) is 18.8. The first-order valence-corrected chi connectivity index (χ1v) is 11.7. The number of anilines is 3. The van der Waals surface area contributed by atoms with Crippen LogP contribution in [0.2, 0.25) is 0 Å². The standard InChI is InChI=1S/C23H27F2N7S/c1-14-11-27-23(31-22(14)32(2)3)29-16-6-4-15(5-7-16)28-20-12-26-13-21(30-20)33-17-8-9-18(24)19(25)10-17/h8-13,15-16H,4-7H2,1-3H3,(H,28,30)(H,27,29,31). The first kappa shape index (κ1) is 23.2. The van der Waals surface area contributed by atoms with Gasteiger partial charge in [-0.3, -0.25) is 4.98 Å². The lowest BCUT2D eigenvalue weighted by Crippen LogP contribution is -2.33. The van der Waals surface area contributed by atoms with Crippen LogP contribution in [0.25, 0.3) is 0 Å². The third kappa shape index (κ3) is 6.07. The molecule has 2 heterocycles. The van der Waals surface area contributed by atoms with Crippen molar-refractivity contribution in [3.8, 4) is 0 Å². The predicted molar refractivity (Wildman–Crippen MR) is 127 cm³/mol. The molecule has 2 aromatic heterocycles. The second kappa shape index (κ2) is 10.3. The van der Waals surface area contributed by atoms with Crippen molar-refractivity contribution in [3.05, 3.63) is 54.0 Å². The van der Waals surface area contributed by atoms with Gasteiger partial charge in [-0.2, -0.15) is 4.98 Å². The van der Waals surface area contributed by atoms with Gasteiger partial charge in [0, 0.05) is 42.8 Å². The average molecular weight is 472 g/mol. The Kier molecular flexibility index (Phi) is 7.22. The Morgan fingerprint density at radius 1 is 0.939 bits per heavy atom. The maximum Gasteiger partial charge on any atom is 0.224 e. The minimum Gasteiger partial charge on any atom is -0.366 e. The van der Waals surface area contributed by atoms with Crippen LogP contribution in [0.4, 0.5) is 26.4 Å². The van der Waals surface area contributed by atoms with Crippen LogP contribution in [-0.2, 0) is 0 Å². The van der Waals surface area contributed by atoms with E-state index < -0.39 is 11.6 Å². The molecular formula is C23H27F2N7S. The summed E-state index contributed by atoms with van der Waals surface area (Å²) in [5, 5.41) is 7.54. The van der Waals surface area contributed by atoms with Crippen molar-refractivity contribution in [1.82, 2.24) is 19.9 Å². The zero-order chi connectivity index (χ0) is 23.4. The van der Waals surface area contributed by atoms with Crippen LogP contribution in [0.15, 0.2) is 46.7 Å². The highest BCUT2D eigenvalue weighted by Crippen LogP contribution is 2.29. The topological polar surface area (TPSA) is 78.9 Å². The number of halogens is 2. The highest BCUT2D eigenvalue weighted by atomic mass is 32.2. The molecule has 0 aliphatic heterocycles. The molecule has 1 aromatic carbocycles. The van der Waals surface area contributed by atoms with E-state index >= 15 is 0 Å². The Morgan fingerprint density at radius 2 is 1.67 bits per heavy atom. The highest BCUT2D eigenvalue weighted by Gasteiger charge is 2.22. The SMILES string of the molecule is Cc1cnc(NC2CCC(Nc3cncc(Sc4ccc(F)c(F)c4)n3)CC2)nc1N(C)C. The molecule has 0 spiro atoms. The number of benzene rings is 1. The van der Waals surface area contributed by atoms with E-state index in [2.05, 4.69) is 30.6 Å². The Labute approximate surface area is 196 Å². The molecule has 0 radical (unpaired) electrons. The fourth-order valence-corrected chi connectivity index (χ4v) is 4.65. The number of aromatic nitrogens is 4. The van der Waals surface area contributed by atoms with E-state index in [4.69, 9.17) is 0 Å². The lowest BCUT2D eigenvalue weighted by atomic mass is 9.91. The van der Waals surface area contributed by atoms with E-state index in [9.17, 15) is 8.78 Å². The fourth-order valence-electron chi connectivity index (χ4n) is 3.86. The van der Waals surface area contributed by atoms with Gasteiger partial charge in [0.2, 0.25) is 5.95 Å². The van der Waals surface area contributed by atoms with Crippen molar-refractivity contribution >= 4 is 29.3 Å². The average Bonchev–Trinajstić information content (AvgIpc) is 2.79. The Balaban J connectivity index is 1.30. The number of rotatable bonds is 7. The van der Waals surface area contributed by atoms with E-state index in [0.29, 0.717) is 27.7 Å². The van der Waals surface area contributed by atoms with E-state index in [1.165, 1.54) is 17.8 Å². The van der Waals surface area contributed by atoms with Gasteiger partial charge in [0.1, 0.15) is 16.7 Å². The van der Waals surface area contributed by atoms with Crippen molar-refractivity contribution in [2.75, 3.05) is 29.6 Å². The molecule has 0 unspecified atom stereocenters. The van der Waals surface area contributed by atoms with E-state index in [0.717, 1.165) is 49.2 Å². The zero-order valence-corrected chi connectivity index (χ0v) is 19.7. The summed E-state index contributed by atoms with van der Waals surface area (Å²) in [7, 11) is 3.95. The van der Waals surface area contributed by atoms with Crippen LogP contribution < -0.4 is 15.5 Å². The molecule has 0 atom stereocenters. The van der Waals surface area contributed by atoms with E-state index in [1.54, 1.807) is 12.4 Å². The van der Waals surface area contributed by atoms with Crippen LogP contribution in [-0.4, -0.2) is 46.1 Å². The molecule has 4 rings (SSSR count). The number of aryl methyl sites for hydroxylation is 1. The first-order valence-electron chi connectivity index (χ1n) is 10.9. The van der Waals surface area contributed by atoms with Gasteiger partial charge in [-0.05, 0) is 50.8 Å². The molecule has 0 saturated heterocycles. The second-order valence-corrected chi connectivity index (χ2v) is 9.45. The lowest BCUT2D eigenvalue weighted by molar-refractivity contribution is 0.426. The number of hydrogen-bond acceptors (Lipinski definition) is 8. The first-order chi connectivity index (χ1) is 15.9. The summed E-state index contributed by atoms with van der Waals surface area (Å²) in [4.78, 5) is 20.4.